The van der Waals surface area contributed by atoms with E-state index in [4.69, 9.17) is 23.9 Å². The lowest BCUT2D eigenvalue weighted by molar-refractivity contribution is 0.0444. The molecule has 11 heteroatoms. The van der Waals surface area contributed by atoms with Crippen LogP contribution in [0.2, 0.25) is 5.02 Å². The van der Waals surface area contributed by atoms with E-state index >= 15 is 0 Å². The minimum Gasteiger partial charge on any atom is -0.365 e. The van der Waals surface area contributed by atoms with Gasteiger partial charge in [0, 0.05) is 16.3 Å². The number of anilines is 1. The van der Waals surface area contributed by atoms with Crippen LogP contribution in [-0.4, -0.2) is 39.6 Å². The summed E-state index contributed by atoms with van der Waals surface area (Å²) in [6.45, 7) is 6.50. The first-order valence-corrected chi connectivity index (χ1v) is 10.1. The number of rotatable bonds is 4. The number of nitrogens with two attached hydrogens (primary N) is 1. The van der Waals surface area contributed by atoms with E-state index in [1.807, 2.05) is 0 Å². The highest BCUT2D eigenvalue weighted by atomic mass is 35.5. The summed E-state index contributed by atoms with van der Waals surface area (Å²) >= 11 is 6.05. The quantitative estimate of drug-likeness (QED) is 0.540. The Morgan fingerprint density at radius 2 is 1.97 bits per heavy atom. The van der Waals surface area contributed by atoms with Crippen molar-refractivity contribution in [1.29, 1.82) is 0 Å². The van der Waals surface area contributed by atoms with Gasteiger partial charge in [0.1, 0.15) is 11.7 Å². The second-order valence-electron chi connectivity index (χ2n) is 7.36. The summed E-state index contributed by atoms with van der Waals surface area (Å²) in [7, 11) is 0. The monoisotopic (exact) mass is 470 g/mol. The van der Waals surface area contributed by atoms with Crippen LogP contribution in [0.3, 0.4) is 0 Å². The fourth-order valence-corrected chi connectivity index (χ4v) is 3.89. The number of fused-ring (bicyclic) bond motifs is 1. The third-order valence-electron chi connectivity index (χ3n) is 5.24. The summed E-state index contributed by atoms with van der Waals surface area (Å²) in [5.74, 6) is -0.851. The van der Waals surface area contributed by atoms with Crippen LogP contribution in [-0.2, 0) is 6.54 Å². The molecule has 0 radical (unpaired) electrons. The summed E-state index contributed by atoms with van der Waals surface area (Å²) in [6, 6.07) is 10.5. The number of benzene rings is 2. The van der Waals surface area contributed by atoms with Gasteiger partial charge in [0.05, 0.1) is 30.9 Å². The number of carbonyl (C=O) groups is 2. The molecule has 3 amide bonds. The van der Waals surface area contributed by atoms with Crippen LogP contribution in [0.15, 0.2) is 48.5 Å². The largest absolute Gasteiger partial charge is 0.365 e. The lowest BCUT2D eigenvalue weighted by Crippen LogP contribution is -2.45. The predicted molar refractivity (Wildman–Crippen MR) is 118 cm³/mol. The second kappa shape index (κ2) is 8.88. The zero-order valence-corrected chi connectivity index (χ0v) is 17.8. The first kappa shape index (κ1) is 22.2. The highest BCUT2D eigenvalue weighted by Gasteiger charge is 2.38. The summed E-state index contributed by atoms with van der Waals surface area (Å²) < 4.78 is 29.0. The molecule has 0 fully saturated rings. The highest BCUT2D eigenvalue weighted by molar-refractivity contribution is 6.30. The SMILES string of the molecule is [C-]#[N+]c1ccc(NC(=O)N2Cc3c(C(N)=O)c(-c4cccc(Cl)c4)nn3C(C(F)F)C2)cc1. The number of aromatic nitrogens is 2. The van der Waals surface area contributed by atoms with E-state index in [1.165, 1.54) is 29.2 Å². The average Bonchev–Trinajstić information content (AvgIpc) is 3.18. The Hall–Kier alpha value is -3.97. The molecule has 1 aliphatic heterocycles. The van der Waals surface area contributed by atoms with Gasteiger partial charge in [-0.3, -0.25) is 9.48 Å². The van der Waals surface area contributed by atoms with Crippen LogP contribution < -0.4 is 11.1 Å². The van der Waals surface area contributed by atoms with Crippen molar-refractivity contribution < 1.29 is 18.4 Å². The van der Waals surface area contributed by atoms with Crippen LogP contribution in [0, 0.1) is 6.57 Å². The van der Waals surface area contributed by atoms with Crippen molar-refractivity contribution in [3.8, 4) is 11.3 Å². The maximum absolute atomic E-state index is 14.0. The number of nitrogens with one attached hydrogen (secondary N) is 1. The first-order chi connectivity index (χ1) is 15.8. The molecule has 0 bridgehead atoms. The zero-order valence-electron chi connectivity index (χ0n) is 17.0. The number of urea groups is 1. The minimum absolute atomic E-state index is 0.0400. The van der Waals surface area contributed by atoms with Gasteiger partial charge < -0.3 is 16.0 Å². The number of halogens is 3. The van der Waals surface area contributed by atoms with Crippen LogP contribution in [0.25, 0.3) is 16.1 Å². The van der Waals surface area contributed by atoms with Crippen molar-refractivity contribution in [2.45, 2.75) is 19.0 Å². The Labute approximate surface area is 192 Å². The molecule has 1 aliphatic rings. The minimum atomic E-state index is -2.86. The third kappa shape index (κ3) is 4.36. The van der Waals surface area contributed by atoms with E-state index in [2.05, 4.69) is 15.3 Å². The van der Waals surface area contributed by atoms with Crippen LogP contribution in [0.4, 0.5) is 25.0 Å². The highest BCUT2D eigenvalue weighted by Crippen LogP contribution is 2.34. The molecule has 8 nitrogen and oxygen atoms in total. The van der Waals surface area contributed by atoms with E-state index in [1.54, 1.807) is 24.3 Å². The van der Waals surface area contributed by atoms with E-state index in [0.717, 1.165) is 4.68 Å². The lowest BCUT2D eigenvalue weighted by Gasteiger charge is -2.33. The molecule has 0 saturated carbocycles. The Morgan fingerprint density at radius 1 is 1.24 bits per heavy atom. The second-order valence-corrected chi connectivity index (χ2v) is 7.80. The van der Waals surface area contributed by atoms with Gasteiger partial charge >= 0.3 is 6.03 Å². The molecule has 0 spiro atoms. The Kier molecular flexibility index (Phi) is 5.98. The number of nitrogens with zero attached hydrogens (tertiary/aromatic N) is 4. The number of carbonyl (C=O) groups excluding carboxylic acids is 2. The van der Waals surface area contributed by atoms with Gasteiger partial charge in [-0.25, -0.2) is 18.4 Å². The van der Waals surface area contributed by atoms with Crippen LogP contribution in [0.1, 0.15) is 22.1 Å². The van der Waals surface area contributed by atoms with Crippen molar-refractivity contribution in [2.75, 3.05) is 11.9 Å². The fourth-order valence-electron chi connectivity index (χ4n) is 3.70. The molecule has 2 heterocycles. The molecule has 3 N–H and O–H groups in total. The van der Waals surface area contributed by atoms with Gasteiger partial charge in [-0.05, 0) is 24.3 Å². The number of alkyl halides is 2. The molecule has 1 unspecified atom stereocenters. The maximum atomic E-state index is 14.0. The molecule has 0 aliphatic carbocycles. The van der Waals surface area contributed by atoms with E-state index in [9.17, 15) is 18.4 Å². The third-order valence-corrected chi connectivity index (χ3v) is 5.48. The van der Waals surface area contributed by atoms with Gasteiger partial charge in [0.15, 0.2) is 5.69 Å². The maximum Gasteiger partial charge on any atom is 0.322 e. The topological polar surface area (TPSA) is 97.6 Å². The van der Waals surface area contributed by atoms with Gasteiger partial charge in [-0.1, -0.05) is 35.9 Å². The molecule has 1 aromatic heterocycles. The fraction of sp³-hybridized carbons (Fsp3) is 0.182. The summed E-state index contributed by atoms with van der Waals surface area (Å²) in [5, 5.41) is 7.28. The Morgan fingerprint density at radius 3 is 2.58 bits per heavy atom. The summed E-state index contributed by atoms with van der Waals surface area (Å²) in [4.78, 5) is 29.6. The van der Waals surface area contributed by atoms with Crippen molar-refractivity contribution in [3.05, 3.63) is 76.2 Å². The van der Waals surface area contributed by atoms with Crippen LogP contribution in [0.5, 0.6) is 0 Å². The number of hydrogen-bond acceptors (Lipinski definition) is 3. The molecular weight excluding hydrogens is 454 g/mol. The van der Waals surface area contributed by atoms with E-state index in [-0.39, 0.29) is 30.0 Å². The van der Waals surface area contributed by atoms with Crippen molar-refractivity contribution in [3.63, 3.8) is 0 Å². The molecule has 0 saturated heterocycles. The first-order valence-electron chi connectivity index (χ1n) is 9.77. The Bertz CT molecular complexity index is 1270. The summed E-state index contributed by atoms with van der Waals surface area (Å²) in [6.07, 6.45) is -2.86. The lowest BCUT2D eigenvalue weighted by atomic mass is 10.0. The van der Waals surface area contributed by atoms with Gasteiger partial charge in [-0.15, -0.1) is 0 Å². The molecule has 168 valence electrons. The summed E-state index contributed by atoms with van der Waals surface area (Å²) in [5.41, 5.74) is 7.04. The number of hydrogen-bond donors (Lipinski definition) is 2. The van der Waals surface area contributed by atoms with E-state index in [0.29, 0.717) is 22.0 Å². The van der Waals surface area contributed by atoms with Crippen molar-refractivity contribution in [2.24, 2.45) is 5.73 Å². The molecule has 3 aromatic rings. The molecule has 1 atom stereocenters. The molecular formula is C22H17ClF2N6O2. The smallest absolute Gasteiger partial charge is 0.322 e. The van der Waals surface area contributed by atoms with Gasteiger partial charge in [-0.2, -0.15) is 5.10 Å². The molecule has 4 rings (SSSR count). The zero-order chi connectivity index (χ0) is 23.7. The number of amides is 3. The molecule has 2 aromatic carbocycles. The number of primary amides is 1. The normalized spacial score (nSPS) is 15.1. The predicted octanol–water partition coefficient (Wildman–Crippen LogP) is 4.71. The average molecular weight is 471 g/mol. The van der Waals surface area contributed by atoms with Gasteiger partial charge in [0.2, 0.25) is 0 Å². The van der Waals surface area contributed by atoms with E-state index < -0.39 is 24.4 Å². The van der Waals surface area contributed by atoms with Crippen LogP contribution >= 0.6 is 11.6 Å². The Balaban J connectivity index is 1.71. The van der Waals surface area contributed by atoms with Gasteiger partial charge in [0.25, 0.3) is 12.3 Å². The van der Waals surface area contributed by atoms with Crippen molar-refractivity contribution in [1.82, 2.24) is 14.7 Å². The van der Waals surface area contributed by atoms with Crippen molar-refractivity contribution >= 4 is 34.9 Å². The standard InChI is InChI=1S/C22H17ClF2N6O2/c1-27-14-5-7-15(8-6-14)28-22(33)30-10-16-18(21(26)32)19(12-3-2-4-13(23)9-12)29-31(16)17(11-30)20(24)25/h2-9,17,20H,10-11H2,(H2,26,32)(H,28,33). The molecule has 33 heavy (non-hydrogen) atoms.